The Bertz CT molecular complexity index is 1220. The summed E-state index contributed by atoms with van der Waals surface area (Å²) in [6, 6.07) is 20.2. The molecular weight excluding hydrogens is 398 g/mol. The van der Waals surface area contributed by atoms with E-state index in [1.807, 2.05) is 30.3 Å². The van der Waals surface area contributed by atoms with Gasteiger partial charge in [0.1, 0.15) is 0 Å². The number of halogens is 1. The Morgan fingerprint density at radius 1 is 1.11 bits per heavy atom. The second kappa shape index (κ2) is 7.57. The summed E-state index contributed by atoms with van der Waals surface area (Å²) in [7, 11) is 0. The van der Waals surface area contributed by atoms with Crippen molar-refractivity contribution in [3.8, 4) is 11.8 Å². The zero-order valence-corrected chi connectivity index (χ0v) is 16.3. The molecule has 2 aromatic heterocycles. The molecule has 0 amide bonds. The lowest BCUT2D eigenvalue weighted by Crippen LogP contribution is -2.21. The lowest BCUT2D eigenvalue weighted by Gasteiger charge is -2.13. The van der Waals surface area contributed by atoms with E-state index in [-0.39, 0.29) is 5.56 Å². The number of rotatable bonds is 4. The van der Waals surface area contributed by atoms with Crippen molar-refractivity contribution in [1.82, 2.24) is 9.55 Å². The maximum atomic E-state index is 13.1. The van der Waals surface area contributed by atoms with E-state index >= 15 is 0 Å². The first-order valence-electron chi connectivity index (χ1n) is 8.05. The Labute approximate surface area is 168 Å². The highest BCUT2D eigenvalue weighted by Gasteiger charge is 2.14. The van der Waals surface area contributed by atoms with Crippen LogP contribution < -0.4 is 5.56 Å². The van der Waals surface area contributed by atoms with Gasteiger partial charge in [0.15, 0.2) is 5.16 Å². The highest BCUT2D eigenvalue weighted by Crippen LogP contribution is 2.29. The predicted molar refractivity (Wildman–Crippen MR) is 111 cm³/mol. The monoisotopic (exact) mass is 409 g/mol. The van der Waals surface area contributed by atoms with Crippen LogP contribution in [0.4, 0.5) is 0 Å². The van der Waals surface area contributed by atoms with Crippen LogP contribution in [0, 0.1) is 11.3 Å². The normalized spacial score (nSPS) is 10.8. The van der Waals surface area contributed by atoms with E-state index in [9.17, 15) is 4.79 Å². The van der Waals surface area contributed by atoms with E-state index in [1.54, 1.807) is 34.9 Å². The van der Waals surface area contributed by atoms with Crippen molar-refractivity contribution >= 4 is 45.6 Å². The number of nitriles is 1. The van der Waals surface area contributed by atoms with Crippen molar-refractivity contribution in [2.75, 3.05) is 0 Å². The van der Waals surface area contributed by atoms with Crippen LogP contribution in [0.1, 0.15) is 10.4 Å². The number of nitrogens with zero attached hydrogens (tertiary/aromatic N) is 3. The summed E-state index contributed by atoms with van der Waals surface area (Å²) in [5.41, 5.74) is 1.77. The van der Waals surface area contributed by atoms with Crippen LogP contribution >= 0.6 is 34.7 Å². The largest absolute Gasteiger partial charge is 0.268 e. The molecule has 0 saturated heterocycles. The minimum absolute atomic E-state index is 0.128. The molecule has 4 nitrogen and oxygen atoms in total. The van der Waals surface area contributed by atoms with Crippen LogP contribution in [0.25, 0.3) is 16.6 Å². The third kappa shape index (κ3) is 3.62. The van der Waals surface area contributed by atoms with Crippen molar-refractivity contribution in [3.63, 3.8) is 0 Å². The van der Waals surface area contributed by atoms with Crippen LogP contribution in [-0.4, -0.2) is 9.55 Å². The number of hydrogen-bond donors (Lipinski definition) is 0. The fraction of sp³-hybridized carbons (Fsp3) is 0.0500. The smallest absolute Gasteiger partial charge is 0.266 e. The molecule has 0 radical (unpaired) electrons. The minimum Gasteiger partial charge on any atom is -0.268 e. The first kappa shape index (κ1) is 17.8. The number of fused-ring (bicyclic) bond motifs is 1. The van der Waals surface area contributed by atoms with Crippen LogP contribution in [0.5, 0.6) is 0 Å². The van der Waals surface area contributed by atoms with Gasteiger partial charge in [0, 0.05) is 10.6 Å². The van der Waals surface area contributed by atoms with E-state index in [1.165, 1.54) is 23.1 Å². The fourth-order valence-electron chi connectivity index (χ4n) is 2.69. The van der Waals surface area contributed by atoms with Gasteiger partial charge in [0.2, 0.25) is 0 Å². The summed E-state index contributed by atoms with van der Waals surface area (Å²) in [5.74, 6) is 0.665. The Morgan fingerprint density at radius 2 is 1.89 bits per heavy atom. The molecule has 2 aromatic carbocycles. The number of benzene rings is 2. The van der Waals surface area contributed by atoms with E-state index in [2.05, 4.69) is 6.07 Å². The summed E-state index contributed by atoms with van der Waals surface area (Å²) in [4.78, 5) is 19.0. The van der Waals surface area contributed by atoms with Gasteiger partial charge in [-0.15, -0.1) is 11.3 Å². The van der Waals surface area contributed by atoms with E-state index in [0.29, 0.717) is 33.1 Å². The molecular formula is C20H12ClN3OS2. The quantitative estimate of drug-likeness (QED) is 0.340. The molecule has 0 atom stereocenters. The predicted octanol–water partition coefficient (Wildman–Crippen LogP) is 5.26. The van der Waals surface area contributed by atoms with Crippen molar-refractivity contribution in [2.45, 2.75) is 10.9 Å². The van der Waals surface area contributed by atoms with Gasteiger partial charge in [-0.05, 0) is 48.5 Å². The first-order chi connectivity index (χ1) is 13.2. The van der Waals surface area contributed by atoms with Crippen molar-refractivity contribution < 1.29 is 0 Å². The molecule has 0 saturated carbocycles. The van der Waals surface area contributed by atoms with E-state index in [4.69, 9.17) is 21.8 Å². The standard InChI is InChI=1S/C20H12ClN3OS2/c21-18-10-9-15(27-18)12-26-20-23-17-4-2-1-3-16(17)19(25)24(20)14-7-5-13(11-22)6-8-14/h1-10H,12H2. The van der Waals surface area contributed by atoms with Crippen molar-refractivity contribution in [3.05, 3.63) is 85.8 Å². The SMILES string of the molecule is N#Cc1ccc(-n2c(SCc3ccc(Cl)s3)nc3ccccc3c2=O)cc1. The molecule has 0 aliphatic rings. The van der Waals surface area contributed by atoms with Gasteiger partial charge < -0.3 is 0 Å². The van der Waals surface area contributed by atoms with Crippen LogP contribution in [0.3, 0.4) is 0 Å². The molecule has 0 bridgehead atoms. The van der Waals surface area contributed by atoms with Crippen LogP contribution in [0.15, 0.2) is 70.6 Å². The van der Waals surface area contributed by atoms with Gasteiger partial charge in [-0.2, -0.15) is 5.26 Å². The zero-order chi connectivity index (χ0) is 18.8. The molecule has 4 aromatic rings. The molecule has 0 fully saturated rings. The molecule has 4 rings (SSSR count). The summed E-state index contributed by atoms with van der Waals surface area (Å²) < 4.78 is 2.34. The van der Waals surface area contributed by atoms with Gasteiger partial charge in [-0.1, -0.05) is 35.5 Å². The van der Waals surface area contributed by atoms with Gasteiger partial charge in [0.05, 0.1) is 32.6 Å². The zero-order valence-electron chi connectivity index (χ0n) is 13.9. The summed E-state index contributed by atoms with van der Waals surface area (Å²) in [5, 5.41) is 10.2. The van der Waals surface area contributed by atoms with Gasteiger partial charge in [-0.25, -0.2) is 4.98 Å². The number of thioether (sulfide) groups is 1. The number of thiophene rings is 1. The molecule has 132 valence electrons. The molecule has 2 heterocycles. The molecule has 7 heteroatoms. The van der Waals surface area contributed by atoms with Gasteiger partial charge in [-0.3, -0.25) is 9.36 Å². The summed E-state index contributed by atoms with van der Waals surface area (Å²) in [6.45, 7) is 0. The Morgan fingerprint density at radius 3 is 2.59 bits per heavy atom. The van der Waals surface area contributed by atoms with Gasteiger partial charge >= 0.3 is 0 Å². The lowest BCUT2D eigenvalue weighted by molar-refractivity contribution is 0.819. The Balaban J connectivity index is 1.84. The molecule has 0 spiro atoms. The molecule has 0 unspecified atom stereocenters. The van der Waals surface area contributed by atoms with Crippen LogP contribution in [-0.2, 0) is 5.75 Å². The molecule has 0 aliphatic heterocycles. The van der Waals surface area contributed by atoms with Crippen LogP contribution in [0.2, 0.25) is 4.34 Å². The summed E-state index contributed by atoms with van der Waals surface area (Å²) in [6.07, 6.45) is 0. The average Bonchev–Trinajstić information content (AvgIpc) is 3.12. The maximum absolute atomic E-state index is 13.1. The second-order valence-corrected chi connectivity index (χ2v) is 8.45. The molecule has 0 N–H and O–H groups in total. The fourth-order valence-corrected chi connectivity index (χ4v) is 4.83. The number of hydrogen-bond acceptors (Lipinski definition) is 5. The minimum atomic E-state index is -0.128. The molecule has 0 aliphatic carbocycles. The number of para-hydroxylation sites is 1. The van der Waals surface area contributed by atoms with E-state index < -0.39 is 0 Å². The first-order valence-corrected chi connectivity index (χ1v) is 10.2. The highest BCUT2D eigenvalue weighted by atomic mass is 35.5. The average molecular weight is 410 g/mol. The number of aromatic nitrogens is 2. The van der Waals surface area contributed by atoms with E-state index in [0.717, 1.165) is 9.21 Å². The third-order valence-electron chi connectivity index (χ3n) is 3.97. The Hall–Kier alpha value is -2.59. The third-order valence-corrected chi connectivity index (χ3v) is 6.37. The van der Waals surface area contributed by atoms with Crippen molar-refractivity contribution in [1.29, 1.82) is 5.26 Å². The summed E-state index contributed by atoms with van der Waals surface area (Å²) >= 11 is 9.01. The second-order valence-electron chi connectivity index (χ2n) is 5.71. The lowest BCUT2D eigenvalue weighted by atomic mass is 10.2. The maximum Gasteiger partial charge on any atom is 0.266 e. The molecule has 27 heavy (non-hydrogen) atoms. The Kier molecular flexibility index (Phi) is 4.99. The van der Waals surface area contributed by atoms with Crippen molar-refractivity contribution in [2.24, 2.45) is 0 Å². The topological polar surface area (TPSA) is 58.7 Å². The van der Waals surface area contributed by atoms with Gasteiger partial charge in [0.25, 0.3) is 5.56 Å². The highest BCUT2D eigenvalue weighted by molar-refractivity contribution is 7.98.